The second kappa shape index (κ2) is 8.55. The third-order valence-electron chi connectivity index (χ3n) is 4.56. The first kappa shape index (κ1) is 19.0. The molecule has 0 aromatic rings. The van der Waals surface area contributed by atoms with Crippen molar-refractivity contribution in [1.29, 1.82) is 0 Å². The Hall–Kier alpha value is -1.05. The summed E-state index contributed by atoms with van der Waals surface area (Å²) in [6.45, 7) is 10.5. The summed E-state index contributed by atoms with van der Waals surface area (Å²) >= 11 is 0. The van der Waals surface area contributed by atoms with Crippen LogP contribution in [0.1, 0.15) is 47.5 Å². The van der Waals surface area contributed by atoms with E-state index in [2.05, 4.69) is 32.6 Å². The van der Waals surface area contributed by atoms with Crippen LogP contribution in [0.25, 0.3) is 0 Å². The van der Waals surface area contributed by atoms with Gasteiger partial charge in [-0.1, -0.05) is 19.8 Å². The van der Waals surface area contributed by atoms with E-state index in [1.165, 1.54) is 6.92 Å². The van der Waals surface area contributed by atoms with Crippen molar-refractivity contribution in [1.82, 2.24) is 0 Å². The van der Waals surface area contributed by atoms with Crippen LogP contribution in [0.5, 0.6) is 0 Å². The van der Waals surface area contributed by atoms with Gasteiger partial charge in [-0.15, -0.1) is 5.92 Å². The zero-order valence-electron chi connectivity index (χ0n) is 14.8. The van der Waals surface area contributed by atoms with Crippen LogP contribution in [-0.4, -0.2) is 32.6 Å². The topological polar surface area (TPSA) is 44.8 Å². The first-order valence-corrected chi connectivity index (χ1v) is 8.01. The van der Waals surface area contributed by atoms with Crippen LogP contribution in [0.4, 0.5) is 0 Å². The molecule has 1 fully saturated rings. The smallest absolute Gasteiger partial charge is 0.302 e. The molecule has 0 heterocycles. The van der Waals surface area contributed by atoms with Crippen LogP contribution in [0.3, 0.4) is 0 Å². The summed E-state index contributed by atoms with van der Waals surface area (Å²) in [5.74, 6) is 7.50. The molecular weight excluding hydrogens is 280 g/mol. The number of methoxy groups -OCH3 is 1. The van der Waals surface area contributed by atoms with Gasteiger partial charge >= 0.3 is 5.97 Å². The first-order chi connectivity index (χ1) is 10.3. The van der Waals surface area contributed by atoms with Gasteiger partial charge in [0.25, 0.3) is 0 Å². The molecular formula is C18H30O4. The maximum Gasteiger partial charge on any atom is 0.302 e. The molecule has 126 valence electrons. The van der Waals surface area contributed by atoms with Crippen molar-refractivity contribution in [2.45, 2.75) is 53.6 Å². The number of ether oxygens (including phenoxy) is 3. The molecule has 0 amide bonds. The van der Waals surface area contributed by atoms with Crippen molar-refractivity contribution < 1.29 is 19.0 Å². The molecule has 5 atom stereocenters. The molecule has 0 spiro atoms. The largest absolute Gasteiger partial charge is 0.463 e. The molecule has 0 aromatic heterocycles. The molecule has 0 N–H and O–H groups in total. The highest BCUT2D eigenvalue weighted by Gasteiger charge is 2.46. The molecule has 4 nitrogen and oxygen atoms in total. The van der Waals surface area contributed by atoms with Gasteiger partial charge in [0.15, 0.2) is 0 Å². The molecule has 4 heteroatoms. The molecule has 0 saturated heterocycles. The van der Waals surface area contributed by atoms with Crippen LogP contribution >= 0.6 is 0 Å². The molecule has 22 heavy (non-hydrogen) atoms. The molecule has 0 aromatic carbocycles. The van der Waals surface area contributed by atoms with Gasteiger partial charge in [-0.05, 0) is 38.5 Å². The number of rotatable bonds is 6. The monoisotopic (exact) mass is 310 g/mol. The highest BCUT2D eigenvalue weighted by atomic mass is 16.7. The van der Waals surface area contributed by atoms with E-state index in [9.17, 15) is 4.79 Å². The zero-order chi connectivity index (χ0) is 16.8. The Morgan fingerprint density at radius 1 is 1.41 bits per heavy atom. The van der Waals surface area contributed by atoms with E-state index < -0.39 is 0 Å². The molecule has 0 unspecified atom stereocenters. The summed E-state index contributed by atoms with van der Waals surface area (Å²) in [7, 11) is 1.60. The summed E-state index contributed by atoms with van der Waals surface area (Å²) in [6, 6.07) is 0. The minimum absolute atomic E-state index is 0.135. The van der Waals surface area contributed by atoms with Gasteiger partial charge in [-0.2, -0.15) is 0 Å². The van der Waals surface area contributed by atoms with Crippen LogP contribution in [0.15, 0.2) is 0 Å². The minimum atomic E-state index is -0.286. The van der Waals surface area contributed by atoms with Crippen molar-refractivity contribution >= 4 is 5.97 Å². The highest BCUT2D eigenvalue weighted by Crippen LogP contribution is 2.48. The van der Waals surface area contributed by atoms with Crippen molar-refractivity contribution in [3.63, 3.8) is 0 Å². The van der Waals surface area contributed by atoms with Crippen molar-refractivity contribution in [3.8, 4) is 11.8 Å². The van der Waals surface area contributed by atoms with Crippen molar-refractivity contribution in [2.24, 2.45) is 23.2 Å². The summed E-state index contributed by atoms with van der Waals surface area (Å²) in [6.07, 6.45) is 1.98. The predicted octanol–water partition coefficient (Wildman–Crippen LogP) is 3.25. The van der Waals surface area contributed by atoms with E-state index in [1.54, 1.807) is 7.11 Å². The van der Waals surface area contributed by atoms with Gasteiger partial charge in [-0.3, -0.25) is 4.79 Å². The maximum absolute atomic E-state index is 11.2. The van der Waals surface area contributed by atoms with Crippen molar-refractivity contribution in [2.75, 3.05) is 20.5 Å². The lowest BCUT2D eigenvalue weighted by atomic mass is 9.58. The fraction of sp³-hybridized carbons (Fsp3) is 0.833. The third kappa shape index (κ3) is 5.00. The van der Waals surface area contributed by atoms with Gasteiger partial charge in [0.1, 0.15) is 13.4 Å². The van der Waals surface area contributed by atoms with E-state index in [0.717, 1.165) is 12.8 Å². The van der Waals surface area contributed by atoms with Crippen LogP contribution in [0, 0.1) is 35.0 Å². The quantitative estimate of drug-likeness (QED) is 0.429. The average Bonchev–Trinajstić information content (AvgIpc) is 2.39. The first-order valence-electron chi connectivity index (χ1n) is 8.01. The summed E-state index contributed by atoms with van der Waals surface area (Å²) in [5, 5.41) is 0. The number of carbonyl (C=O) groups excluding carboxylic acids is 1. The van der Waals surface area contributed by atoms with E-state index in [-0.39, 0.29) is 36.8 Å². The third-order valence-corrected chi connectivity index (χ3v) is 4.56. The van der Waals surface area contributed by atoms with Crippen molar-refractivity contribution in [3.05, 3.63) is 0 Å². The van der Waals surface area contributed by atoms with Crippen LogP contribution in [0.2, 0.25) is 0 Å². The lowest BCUT2D eigenvalue weighted by Crippen LogP contribution is -2.47. The molecule has 1 saturated carbocycles. The molecule has 1 rings (SSSR count). The second-order valence-electron chi connectivity index (χ2n) is 6.75. The molecule has 1 aliphatic carbocycles. The fourth-order valence-corrected chi connectivity index (χ4v) is 4.16. The zero-order valence-corrected chi connectivity index (χ0v) is 14.8. The van der Waals surface area contributed by atoms with Crippen LogP contribution in [-0.2, 0) is 19.0 Å². The number of hydrogen-bond donors (Lipinski definition) is 0. The fourth-order valence-electron chi connectivity index (χ4n) is 4.16. The van der Waals surface area contributed by atoms with Gasteiger partial charge in [-0.25, -0.2) is 0 Å². The Bertz CT molecular complexity index is 423. The highest BCUT2D eigenvalue weighted by molar-refractivity contribution is 5.65. The molecule has 0 bridgehead atoms. The van der Waals surface area contributed by atoms with Crippen LogP contribution < -0.4 is 0 Å². The standard InChI is InChI=1S/C18H30O4/c1-7-8-18(5)10-13(2)9-14(3)17(18)16(22-12-20-6)11-21-15(4)19/h13-14,16-17H,9-12H2,1-6H3/t13-,14+,16-,17+,18-/m1/s1. The van der Waals surface area contributed by atoms with Gasteiger partial charge in [0, 0.05) is 25.4 Å². The second-order valence-corrected chi connectivity index (χ2v) is 6.75. The lowest BCUT2D eigenvalue weighted by Gasteiger charge is -2.47. The Morgan fingerprint density at radius 2 is 2.09 bits per heavy atom. The normalized spacial score (nSPS) is 32.7. The van der Waals surface area contributed by atoms with E-state index in [4.69, 9.17) is 14.2 Å². The Labute approximate surface area is 134 Å². The minimum Gasteiger partial charge on any atom is -0.463 e. The number of carbonyl (C=O) groups is 1. The predicted molar refractivity (Wildman–Crippen MR) is 86.0 cm³/mol. The number of esters is 1. The summed E-state index contributed by atoms with van der Waals surface area (Å²) in [4.78, 5) is 11.2. The molecule has 0 aliphatic heterocycles. The van der Waals surface area contributed by atoms with E-state index >= 15 is 0 Å². The van der Waals surface area contributed by atoms with Gasteiger partial charge in [0.05, 0.1) is 6.10 Å². The summed E-state index contributed by atoms with van der Waals surface area (Å²) in [5.41, 5.74) is -0.135. The Morgan fingerprint density at radius 3 is 2.64 bits per heavy atom. The Kier molecular flexibility index (Phi) is 7.38. The lowest BCUT2D eigenvalue weighted by molar-refractivity contribution is -0.164. The average molecular weight is 310 g/mol. The van der Waals surface area contributed by atoms with E-state index in [1.807, 2.05) is 6.92 Å². The Balaban J connectivity index is 3.02. The SMILES string of the molecule is CC#C[C@]1(C)C[C@H](C)C[C@H](C)[C@H]1[C@@H](COC(C)=O)OCOC. The maximum atomic E-state index is 11.2. The van der Waals surface area contributed by atoms with Gasteiger partial charge in [0.2, 0.25) is 0 Å². The molecule has 1 aliphatic rings. The number of hydrogen-bond acceptors (Lipinski definition) is 4. The van der Waals surface area contributed by atoms with Gasteiger partial charge < -0.3 is 14.2 Å². The molecule has 0 radical (unpaired) electrons. The summed E-state index contributed by atoms with van der Waals surface area (Å²) < 4.78 is 16.2. The van der Waals surface area contributed by atoms with E-state index in [0.29, 0.717) is 11.8 Å².